The van der Waals surface area contributed by atoms with E-state index >= 15 is 0 Å². The van der Waals surface area contributed by atoms with Gasteiger partial charge in [0.1, 0.15) is 5.82 Å². The van der Waals surface area contributed by atoms with E-state index in [1.54, 1.807) is 30.4 Å². The molecule has 1 aromatic rings. The lowest BCUT2D eigenvalue weighted by Crippen LogP contribution is -2.46. The first-order valence-electron chi connectivity index (χ1n) is 5.99. The molecule has 0 bridgehead atoms. The van der Waals surface area contributed by atoms with Gasteiger partial charge in [0, 0.05) is 25.2 Å². The minimum atomic E-state index is -0.739. The minimum absolute atomic E-state index is 0.264. The topological polar surface area (TPSA) is 29.3 Å². The molecule has 0 spiro atoms. The number of nitrogens with two attached hydrogens (primary N) is 1. The van der Waals surface area contributed by atoms with E-state index in [1.807, 2.05) is 6.92 Å². The normalized spacial score (nSPS) is 14.2. The van der Waals surface area contributed by atoms with Gasteiger partial charge in [-0.1, -0.05) is 30.4 Å². The fourth-order valence-corrected chi connectivity index (χ4v) is 2.04. The molecule has 0 aliphatic carbocycles. The summed E-state index contributed by atoms with van der Waals surface area (Å²) in [4.78, 5) is 2.08. The standard InChI is InChI=1S/C15H21FN2/c1-4-10-18(11-5-2)12-15(3,17)13-8-6-7-9-14(13)16/h4-9H,1-2,10-12,17H2,3H3. The molecule has 1 aromatic carbocycles. The average Bonchev–Trinajstić information content (AvgIpc) is 2.29. The van der Waals surface area contributed by atoms with Gasteiger partial charge in [-0.2, -0.15) is 0 Å². The number of rotatable bonds is 7. The van der Waals surface area contributed by atoms with Crippen LogP contribution in [-0.2, 0) is 5.54 Å². The highest BCUT2D eigenvalue weighted by atomic mass is 19.1. The molecule has 0 saturated carbocycles. The van der Waals surface area contributed by atoms with Crippen molar-refractivity contribution in [1.29, 1.82) is 0 Å². The summed E-state index contributed by atoms with van der Waals surface area (Å²) in [6.45, 7) is 11.2. The molecule has 0 saturated heterocycles. The van der Waals surface area contributed by atoms with Crippen molar-refractivity contribution in [2.75, 3.05) is 19.6 Å². The third-order valence-corrected chi connectivity index (χ3v) is 2.82. The summed E-state index contributed by atoms with van der Waals surface area (Å²) in [5, 5.41) is 0. The molecule has 0 aromatic heterocycles. The highest BCUT2D eigenvalue weighted by Crippen LogP contribution is 2.22. The maximum Gasteiger partial charge on any atom is 0.128 e. The van der Waals surface area contributed by atoms with Crippen molar-refractivity contribution in [2.45, 2.75) is 12.5 Å². The molecule has 1 unspecified atom stereocenters. The second-order valence-corrected chi connectivity index (χ2v) is 4.67. The van der Waals surface area contributed by atoms with Gasteiger partial charge in [0.2, 0.25) is 0 Å². The van der Waals surface area contributed by atoms with Gasteiger partial charge in [0.05, 0.1) is 5.54 Å². The van der Waals surface area contributed by atoms with Crippen LogP contribution in [0.25, 0.3) is 0 Å². The van der Waals surface area contributed by atoms with Gasteiger partial charge in [-0.25, -0.2) is 4.39 Å². The Morgan fingerprint density at radius 1 is 1.28 bits per heavy atom. The first kappa shape index (κ1) is 14.6. The summed E-state index contributed by atoms with van der Waals surface area (Å²) >= 11 is 0. The Kier molecular flexibility index (Phi) is 5.25. The largest absolute Gasteiger partial charge is 0.320 e. The van der Waals surface area contributed by atoms with Crippen LogP contribution in [0.2, 0.25) is 0 Å². The van der Waals surface area contributed by atoms with Gasteiger partial charge in [0.25, 0.3) is 0 Å². The van der Waals surface area contributed by atoms with Gasteiger partial charge < -0.3 is 5.73 Å². The summed E-state index contributed by atoms with van der Waals surface area (Å²) in [6, 6.07) is 6.64. The molecule has 0 aliphatic heterocycles. The van der Waals surface area contributed by atoms with E-state index in [4.69, 9.17) is 5.73 Å². The molecule has 0 aliphatic rings. The minimum Gasteiger partial charge on any atom is -0.320 e. The van der Waals surface area contributed by atoms with Crippen LogP contribution >= 0.6 is 0 Å². The maximum absolute atomic E-state index is 13.8. The van der Waals surface area contributed by atoms with E-state index in [2.05, 4.69) is 18.1 Å². The van der Waals surface area contributed by atoms with Crippen LogP contribution in [0, 0.1) is 5.82 Å². The number of halogens is 1. The second-order valence-electron chi connectivity index (χ2n) is 4.67. The first-order valence-corrected chi connectivity index (χ1v) is 5.99. The Morgan fingerprint density at radius 2 is 1.83 bits per heavy atom. The van der Waals surface area contributed by atoms with Gasteiger partial charge >= 0.3 is 0 Å². The number of hydrogen-bond acceptors (Lipinski definition) is 2. The van der Waals surface area contributed by atoms with Crippen LogP contribution in [0.4, 0.5) is 4.39 Å². The predicted molar refractivity (Wildman–Crippen MR) is 74.8 cm³/mol. The first-order chi connectivity index (χ1) is 8.51. The zero-order valence-electron chi connectivity index (χ0n) is 10.9. The molecule has 1 atom stereocenters. The average molecular weight is 248 g/mol. The van der Waals surface area contributed by atoms with Crippen molar-refractivity contribution >= 4 is 0 Å². The van der Waals surface area contributed by atoms with Crippen LogP contribution in [0.5, 0.6) is 0 Å². The summed E-state index contributed by atoms with van der Waals surface area (Å²) in [5.74, 6) is -0.264. The van der Waals surface area contributed by atoms with Gasteiger partial charge in [-0.3, -0.25) is 4.90 Å². The number of benzene rings is 1. The Morgan fingerprint density at radius 3 is 2.33 bits per heavy atom. The van der Waals surface area contributed by atoms with Crippen molar-refractivity contribution in [3.05, 3.63) is 61.0 Å². The quantitative estimate of drug-likeness (QED) is 0.752. The zero-order valence-corrected chi connectivity index (χ0v) is 10.9. The van der Waals surface area contributed by atoms with Crippen molar-refractivity contribution in [2.24, 2.45) is 5.73 Å². The van der Waals surface area contributed by atoms with Gasteiger partial charge in [-0.15, -0.1) is 13.2 Å². The molecule has 98 valence electrons. The molecule has 0 radical (unpaired) electrons. The lowest BCUT2D eigenvalue weighted by Gasteiger charge is -2.32. The Balaban J connectivity index is 2.88. The molecule has 2 nitrogen and oxygen atoms in total. The summed E-state index contributed by atoms with van der Waals surface area (Å²) in [5.41, 5.74) is 6.04. The smallest absolute Gasteiger partial charge is 0.128 e. The monoisotopic (exact) mass is 248 g/mol. The van der Waals surface area contributed by atoms with E-state index in [-0.39, 0.29) is 5.82 Å². The molecule has 0 fully saturated rings. The number of nitrogens with zero attached hydrogens (tertiary/aromatic N) is 1. The third-order valence-electron chi connectivity index (χ3n) is 2.82. The summed E-state index contributed by atoms with van der Waals surface area (Å²) in [7, 11) is 0. The summed E-state index contributed by atoms with van der Waals surface area (Å²) < 4.78 is 13.8. The molecule has 3 heteroatoms. The Labute approximate surface area is 109 Å². The van der Waals surface area contributed by atoms with Crippen LogP contribution < -0.4 is 5.73 Å². The van der Waals surface area contributed by atoms with Crippen LogP contribution in [0.3, 0.4) is 0 Å². The second kappa shape index (κ2) is 6.47. The van der Waals surface area contributed by atoms with Crippen molar-refractivity contribution in [3.8, 4) is 0 Å². The van der Waals surface area contributed by atoms with Crippen LogP contribution in [0.15, 0.2) is 49.6 Å². The predicted octanol–water partition coefficient (Wildman–Crippen LogP) is 2.67. The molecule has 0 heterocycles. The Hall–Kier alpha value is -1.45. The van der Waals surface area contributed by atoms with Gasteiger partial charge in [0.15, 0.2) is 0 Å². The fraction of sp³-hybridized carbons (Fsp3) is 0.333. The fourth-order valence-electron chi connectivity index (χ4n) is 2.04. The highest BCUT2D eigenvalue weighted by molar-refractivity contribution is 5.25. The molecule has 0 amide bonds. The van der Waals surface area contributed by atoms with E-state index in [0.29, 0.717) is 25.2 Å². The lowest BCUT2D eigenvalue weighted by atomic mass is 9.92. The zero-order chi connectivity index (χ0) is 13.6. The van der Waals surface area contributed by atoms with E-state index in [9.17, 15) is 4.39 Å². The molecule has 1 rings (SSSR count). The van der Waals surface area contributed by atoms with Crippen molar-refractivity contribution in [3.63, 3.8) is 0 Å². The van der Waals surface area contributed by atoms with E-state index < -0.39 is 5.54 Å². The number of hydrogen-bond donors (Lipinski definition) is 1. The highest BCUT2D eigenvalue weighted by Gasteiger charge is 2.26. The molecule has 18 heavy (non-hydrogen) atoms. The van der Waals surface area contributed by atoms with Crippen LogP contribution in [0.1, 0.15) is 12.5 Å². The molecule has 2 N–H and O–H groups in total. The van der Waals surface area contributed by atoms with Crippen LogP contribution in [-0.4, -0.2) is 24.5 Å². The summed E-state index contributed by atoms with van der Waals surface area (Å²) in [6.07, 6.45) is 3.61. The van der Waals surface area contributed by atoms with Crippen molar-refractivity contribution in [1.82, 2.24) is 4.90 Å². The van der Waals surface area contributed by atoms with E-state index in [0.717, 1.165) is 0 Å². The Bertz CT molecular complexity index is 403. The molecular weight excluding hydrogens is 227 g/mol. The maximum atomic E-state index is 13.8. The third kappa shape index (κ3) is 3.79. The lowest BCUT2D eigenvalue weighted by molar-refractivity contribution is 0.254. The molecular formula is C15H21FN2. The SMILES string of the molecule is C=CCN(CC=C)CC(C)(N)c1ccccc1F. The van der Waals surface area contributed by atoms with Gasteiger partial charge in [-0.05, 0) is 13.0 Å². The van der Waals surface area contributed by atoms with E-state index in [1.165, 1.54) is 6.07 Å². The van der Waals surface area contributed by atoms with Crippen molar-refractivity contribution < 1.29 is 4.39 Å².